The molecular weight excluding hydrogens is 385 g/mol. The molecule has 0 radical (unpaired) electrons. The van der Waals surface area contributed by atoms with Gasteiger partial charge >= 0.3 is 6.18 Å². The van der Waals surface area contributed by atoms with Gasteiger partial charge in [-0.05, 0) is 31.0 Å². The van der Waals surface area contributed by atoms with Crippen LogP contribution in [-0.4, -0.2) is 52.1 Å². The number of methoxy groups -OCH3 is 1. The molecule has 1 aromatic carbocycles. The number of nitrogens with one attached hydrogen (secondary N) is 1. The number of sulfonamides is 1. The SMILES string of the molecule is COc1ccc(C(=O)NC2CCCCC2C(F)(F)F)cc1S(=O)(=O)N(C)C. The van der Waals surface area contributed by atoms with Crippen LogP contribution in [0, 0.1) is 5.92 Å². The van der Waals surface area contributed by atoms with E-state index in [1.807, 2.05) is 0 Å². The monoisotopic (exact) mass is 408 g/mol. The Labute approximate surface area is 156 Å². The predicted molar refractivity (Wildman–Crippen MR) is 93.1 cm³/mol. The van der Waals surface area contributed by atoms with Gasteiger partial charge in [0.15, 0.2) is 0 Å². The number of ether oxygens (including phenoxy) is 1. The summed E-state index contributed by atoms with van der Waals surface area (Å²) in [6, 6.07) is 2.73. The highest BCUT2D eigenvalue weighted by Gasteiger charge is 2.46. The van der Waals surface area contributed by atoms with Gasteiger partial charge in [0.2, 0.25) is 10.0 Å². The molecule has 2 unspecified atom stereocenters. The number of amides is 1. The molecule has 2 rings (SSSR count). The Balaban J connectivity index is 2.31. The molecule has 0 aliphatic heterocycles. The molecule has 1 N–H and O–H groups in total. The minimum absolute atomic E-state index is 0.0304. The van der Waals surface area contributed by atoms with Gasteiger partial charge < -0.3 is 10.1 Å². The summed E-state index contributed by atoms with van der Waals surface area (Å²) in [7, 11) is 0.0586. The van der Waals surface area contributed by atoms with E-state index in [0.717, 1.165) is 10.4 Å². The first-order valence-electron chi connectivity index (χ1n) is 8.46. The molecule has 1 saturated carbocycles. The topological polar surface area (TPSA) is 75.7 Å². The highest BCUT2D eigenvalue weighted by atomic mass is 32.2. The van der Waals surface area contributed by atoms with Crippen LogP contribution in [0.5, 0.6) is 5.75 Å². The summed E-state index contributed by atoms with van der Waals surface area (Å²) in [5.41, 5.74) is -0.0391. The van der Waals surface area contributed by atoms with E-state index in [2.05, 4.69) is 5.32 Å². The van der Waals surface area contributed by atoms with Crippen LogP contribution in [0.25, 0.3) is 0 Å². The fourth-order valence-corrected chi connectivity index (χ4v) is 4.24. The molecule has 10 heteroatoms. The van der Waals surface area contributed by atoms with E-state index in [0.29, 0.717) is 12.8 Å². The van der Waals surface area contributed by atoms with Crippen molar-refractivity contribution in [3.05, 3.63) is 23.8 Å². The fourth-order valence-electron chi connectivity index (χ4n) is 3.16. The second kappa shape index (κ2) is 8.05. The standard InChI is InChI=1S/C17H23F3N2O4S/c1-22(2)27(24,25)15-10-11(8-9-14(15)26-3)16(23)21-13-7-5-4-6-12(13)17(18,19)20/h8-10,12-13H,4-7H2,1-3H3,(H,21,23). The van der Waals surface area contributed by atoms with Gasteiger partial charge in [-0.25, -0.2) is 12.7 Å². The first kappa shape index (κ1) is 21.5. The lowest BCUT2D eigenvalue weighted by Crippen LogP contribution is -2.47. The van der Waals surface area contributed by atoms with Crippen molar-refractivity contribution in [3.8, 4) is 5.75 Å². The third-order valence-corrected chi connectivity index (χ3v) is 6.52. The van der Waals surface area contributed by atoms with Crippen LogP contribution in [0.1, 0.15) is 36.0 Å². The zero-order valence-corrected chi connectivity index (χ0v) is 16.2. The van der Waals surface area contributed by atoms with Crippen LogP contribution >= 0.6 is 0 Å². The summed E-state index contributed by atoms with van der Waals surface area (Å²) in [6.07, 6.45) is -3.13. The number of hydrogen-bond acceptors (Lipinski definition) is 4. The van der Waals surface area contributed by atoms with Gasteiger partial charge in [0.05, 0.1) is 13.0 Å². The van der Waals surface area contributed by atoms with Crippen molar-refractivity contribution >= 4 is 15.9 Å². The number of hydrogen-bond donors (Lipinski definition) is 1. The van der Waals surface area contributed by atoms with E-state index < -0.39 is 34.1 Å². The van der Waals surface area contributed by atoms with Gasteiger partial charge in [-0.1, -0.05) is 12.8 Å². The summed E-state index contributed by atoms with van der Waals surface area (Å²) < 4.78 is 70.5. The zero-order chi connectivity index (χ0) is 20.4. The quantitative estimate of drug-likeness (QED) is 0.813. The number of rotatable bonds is 5. The molecule has 152 valence electrons. The predicted octanol–water partition coefficient (Wildman–Crippen LogP) is 2.80. The Morgan fingerprint density at radius 3 is 2.41 bits per heavy atom. The lowest BCUT2D eigenvalue weighted by molar-refractivity contribution is -0.187. The first-order valence-corrected chi connectivity index (χ1v) is 9.90. The van der Waals surface area contributed by atoms with Crippen LogP contribution < -0.4 is 10.1 Å². The smallest absolute Gasteiger partial charge is 0.393 e. The van der Waals surface area contributed by atoms with Crippen molar-refractivity contribution in [3.63, 3.8) is 0 Å². The Morgan fingerprint density at radius 2 is 1.85 bits per heavy atom. The molecule has 27 heavy (non-hydrogen) atoms. The molecular formula is C17H23F3N2O4S. The molecule has 0 aromatic heterocycles. The van der Waals surface area contributed by atoms with Gasteiger partial charge in [-0.15, -0.1) is 0 Å². The third kappa shape index (κ3) is 4.73. The Morgan fingerprint density at radius 1 is 1.22 bits per heavy atom. The maximum Gasteiger partial charge on any atom is 0.393 e. The highest BCUT2D eigenvalue weighted by Crippen LogP contribution is 2.38. The van der Waals surface area contributed by atoms with Gasteiger partial charge in [-0.3, -0.25) is 4.79 Å². The van der Waals surface area contributed by atoms with Crippen molar-refractivity contribution in [2.24, 2.45) is 5.92 Å². The van der Waals surface area contributed by atoms with E-state index >= 15 is 0 Å². The third-order valence-electron chi connectivity index (χ3n) is 4.69. The molecule has 1 fully saturated rings. The molecule has 1 aromatic rings. The second-order valence-electron chi connectivity index (χ2n) is 6.67. The Bertz CT molecular complexity index is 794. The van der Waals surface area contributed by atoms with E-state index in [1.54, 1.807) is 0 Å². The van der Waals surface area contributed by atoms with Crippen molar-refractivity contribution in [2.75, 3.05) is 21.2 Å². The summed E-state index contributed by atoms with van der Waals surface area (Å²) in [6.45, 7) is 0. The largest absolute Gasteiger partial charge is 0.495 e. The lowest BCUT2D eigenvalue weighted by atomic mass is 9.84. The molecule has 1 aliphatic rings. The number of carbonyl (C=O) groups excluding carboxylic acids is 1. The Kier molecular flexibility index (Phi) is 6.41. The summed E-state index contributed by atoms with van der Waals surface area (Å²) >= 11 is 0. The van der Waals surface area contributed by atoms with Crippen molar-refractivity contribution < 1.29 is 31.1 Å². The van der Waals surface area contributed by atoms with E-state index in [-0.39, 0.29) is 29.1 Å². The Hall–Kier alpha value is -1.81. The van der Waals surface area contributed by atoms with Gasteiger partial charge in [0, 0.05) is 25.7 Å². The number of benzene rings is 1. The van der Waals surface area contributed by atoms with Gasteiger partial charge in [0.1, 0.15) is 10.6 Å². The van der Waals surface area contributed by atoms with Crippen LogP contribution in [0.4, 0.5) is 13.2 Å². The zero-order valence-electron chi connectivity index (χ0n) is 15.3. The highest BCUT2D eigenvalue weighted by molar-refractivity contribution is 7.89. The van der Waals surface area contributed by atoms with Crippen LogP contribution in [0.15, 0.2) is 23.1 Å². The summed E-state index contributed by atoms with van der Waals surface area (Å²) in [4.78, 5) is 12.3. The lowest BCUT2D eigenvalue weighted by Gasteiger charge is -2.33. The van der Waals surface area contributed by atoms with E-state index in [9.17, 15) is 26.4 Å². The molecule has 1 aliphatic carbocycles. The number of carbonyl (C=O) groups is 1. The molecule has 0 bridgehead atoms. The van der Waals surface area contributed by atoms with E-state index in [4.69, 9.17) is 4.74 Å². The molecule has 0 spiro atoms. The minimum Gasteiger partial charge on any atom is -0.495 e. The first-order chi connectivity index (χ1) is 12.5. The normalized spacial score (nSPS) is 21.1. The van der Waals surface area contributed by atoms with Gasteiger partial charge in [-0.2, -0.15) is 13.2 Å². The van der Waals surface area contributed by atoms with Crippen molar-refractivity contribution in [1.29, 1.82) is 0 Å². The minimum atomic E-state index is -4.39. The molecule has 6 nitrogen and oxygen atoms in total. The number of nitrogens with zero attached hydrogens (tertiary/aromatic N) is 1. The van der Waals surface area contributed by atoms with Crippen molar-refractivity contribution in [2.45, 2.75) is 42.8 Å². The maximum atomic E-state index is 13.2. The van der Waals surface area contributed by atoms with Crippen LogP contribution in [-0.2, 0) is 10.0 Å². The second-order valence-corrected chi connectivity index (χ2v) is 8.79. The average Bonchev–Trinajstić information content (AvgIpc) is 2.60. The van der Waals surface area contributed by atoms with Crippen molar-refractivity contribution in [1.82, 2.24) is 9.62 Å². The fraction of sp³-hybridized carbons (Fsp3) is 0.588. The maximum absolute atomic E-state index is 13.2. The van der Waals surface area contributed by atoms with E-state index in [1.165, 1.54) is 33.3 Å². The summed E-state index contributed by atoms with van der Waals surface area (Å²) in [5, 5.41) is 2.43. The van der Waals surface area contributed by atoms with Crippen LogP contribution in [0.3, 0.4) is 0 Å². The molecule has 0 heterocycles. The molecule has 2 atom stereocenters. The molecule has 0 saturated heterocycles. The molecule has 1 amide bonds. The number of alkyl halides is 3. The van der Waals surface area contributed by atoms with Crippen LogP contribution in [0.2, 0.25) is 0 Å². The number of halogens is 3. The summed E-state index contributed by atoms with van der Waals surface area (Å²) in [5.74, 6) is -2.29. The van der Waals surface area contributed by atoms with Gasteiger partial charge in [0.25, 0.3) is 5.91 Å². The average molecular weight is 408 g/mol.